The van der Waals surface area contributed by atoms with Crippen molar-refractivity contribution in [3.63, 3.8) is 0 Å². The van der Waals surface area contributed by atoms with Gasteiger partial charge in [-0.3, -0.25) is 0 Å². The van der Waals surface area contributed by atoms with Crippen LogP contribution in [-0.2, 0) is 0 Å². The smallest absolute Gasteiger partial charge is 0.0455 e. The molecule has 1 aromatic rings. The van der Waals surface area contributed by atoms with Crippen LogP contribution in [0, 0.1) is 12.8 Å². The van der Waals surface area contributed by atoms with Crippen LogP contribution in [0.2, 0.25) is 5.02 Å². The average molecular weight is 267 g/mol. The standard InChI is InChI=1S/C15H23ClN2/c1-4-17-14-8-9-18(10-11(14)2)15-7-5-6-13(16)12(15)3/h5-7,11,14,17H,4,8-10H2,1-3H3. The summed E-state index contributed by atoms with van der Waals surface area (Å²) < 4.78 is 0. The Kier molecular flexibility index (Phi) is 4.52. The molecule has 3 heteroatoms. The number of nitrogens with zero attached hydrogens (tertiary/aromatic N) is 1. The first-order valence-electron chi connectivity index (χ1n) is 6.87. The predicted octanol–water partition coefficient (Wildman–Crippen LogP) is 3.47. The summed E-state index contributed by atoms with van der Waals surface area (Å²) in [5.74, 6) is 0.678. The van der Waals surface area contributed by atoms with Gasteiger partial charge in [-0.15, -0.1) is 0 Å². The van der Waals surface area contributed by atoms with Crippen LogP contribution < -0.4 is 10.2 Å². The third-order valence-electron chi connectivity index (χ3n) is 3.95. The van der Waals surface area contributed by atoms with Crippen LogP contribution in [0.25, 0.3) is 0 Å². The lowest BCUT2D eigenvalue weighted by molar-refractivity contribution is 0.326. The lowest BCUT2D eigenvalue weighted by Crippen LogP contribution is -2.48. The number of rotatable bonds is 3. The Hall–Kier alpha value is -0.730. The number of halogens is 1. The van der Waals surface area contributed by atoms with Crippen LogP contribution in [0.3, 0.4) is 0 Å². The van der Waals surface area contributed by atoms with Gasteiger partial charge in [0.1, 0.15) is 0 Å². The first-order valence-corrected chi connectivity index (χ1v) is 7.24. The van der Waals surface area contributed by atoms with Crippen LogP contribution in [-0.4, -0.2) is 25.7 Å². The molecular weight excluding hydrogens is 244 g/mol. The Balaban J connectivity index is 2.10. The highest BCUT2D eigenvalue weighted by atomic mass is 35.5. The van der Waals surface area contributed by atoms with Gasteiger partial charge >= 0.3 is 0 Å². The summed E-state index contributed by atoms with van der Waals surface area (Å²) in [7, 11) is 0. The fourth-order valence-electron chi connectivity index (χ4n) is 2.87. The molecule has 18 heavy (non-hydrogen) atoms. The molecule has 1 saturated heterocycles. The van der Waals surface area contributed by atoms with Gasteiger partial charge in [0.2, 0.25) is 0 Å². The molecule has 0 aromatic heterocycles. The van der Waals surface area contributed by atoms with Crippen LogP contribution in [0.1, 0.15) is 25.8 Å². The fourth-order valence-corrected chi connectivity index (χ4v) is 3.04. The molecule has 0 aliphatic carbocycles. The summed E-state index contributed by atoms with van der Waals surface area (Å²) in [6.07, 6.45) is 1.21. The van der Waals surface area contributed by atoms with Crippen molar-refractivity contribution in [1.29, 1.82) is 0 Å². The normalized spacial score (nSPS) is 24.3. The van der Waals surface area contributed by atoms with Gasteiger partial charge < -0.3 is 10.2 Å². The SMILES string of the molecule is CCNC1CCN(c2cccc(Cl)c2C)CC1C. The first-order chi connectivity index (χ1) is 8.63. The summed E-state index contributed by atoms with van der Waals surface area (Å²) in [6, 6.07) is 6.85. The molecule has 1 fully saturated rings. The lowest BCUT2D eigenvalue weighted by atomic mass is 9.93. The van der Waals surface area contributed by atoms with Crippen LogP contribution in [0.15, 0.2) is 18.2 Å². The van der Waals surface area contributed by atoms with Gasteiger partial charge in [-0.1, -0.05) is 31.5 Å². The Labute approximate surface area is 115 Å². The van der Waals surface area contributed by atoms with E-state index >= 15 is 0 Å². The number of hydrogen-bond acceptors (Lipinski definition) is 2. The van der Waals surface area contributed by atoms with E-state index in [9.17, 15) is 0 Å². The maximum absolute atomic E-state index is 6.21. The minimum absolute atomic E-state index is 0.658. The van der Waals surface area contributed by atoms with Crippen LogP contribution in [0.5, 0.6) is 0 Å². The molecule has 0 amide bonds. The van der Waals surface area contributed by atoms with Gasteiger partial charge in [0.05, 0.1) is 0 Å². The summed E-state index contributed by atoms with van der Waals surface area (Å²) >= 11 is 6.21. The van der Waals surface area contributed by atoms with Crippen molar-refractivity contribution in [3.8, 4) is 0 Å². The second kappa shape index (κ2) is 5.94. The minimum atomic E-state index is 0.658. The zero-order valence-corrected chi connectivity index (χ0v) is 12.3. The van der Waals surface area contributed by atoms with Gasteiger partial charge in [0, 0.05) is 29.8 Å². The van der Waals surface area contributed by atoms with Crippen LogP contribution in [0.4, 0.5) is 5.69 Å². The molecular formula is C15H23ClN2. The largest absolute Gasteiger partial charge is 0.371 e. The molecule has 2 nitrogen and oxygen atoms in total. The molecule has 0 saturated carbocycles. The number of piperidine rings is 1. The second-order valence-corrected chi connectivity index (χ2v) is 5.67. The van der Waals surface area contributed by atoms with Crippen LogP contribution >= 0.6 is 11.6 Å². The van der Waals surface area contributed by atoms with E-state index in [1.165, 1.54) is 17.7 Å². The Morgan fingerprint density at radius 1 is 1.44 bits per heavy atom. The zero-order valence-electron chi connectivity index (χ0n) is 11.5. The van der Waals surface area contributed by atoms with Gasteiger partial charge in [-0.2, -0.15) is 0 Å². The van der Waals surface area contributed by atoms with Crippen molar-refractivity contribution in [2.24, 2.45) is 5.92 Å². The average Bonchev–Trinajstić information content (AvgIpc) is 2.35. The molecule has 0 spiro atoms. The zero-order chi connectivity index (χ0) is 13.1. The summed E-state index contributed by atoms with van der Waals surface area (Å²) in [5, 5.41) is 4.45. The van der Waals surface area contributed by atoms with Crippen molar-refractivity contribution >= 4 is 17.3 Å². The highest BCUT2D eigenvalue weighted by molar-refractivity contribution is 6.31. The molecule has 100 valence electrons. The summed E-state index contributed by atoms with van der Waals surface area (Å²) in [4.78, 5) is 2.47. The number of nitrogens with one attached hydrogen (secondary N) is 1. The topological polar surface area (TPSA) is 15.3 Å². The fraction of sp³-hybridized carbons (Fsp3) is 0.600. The number of hydrogen-bond donors (Lipinski definition) is 1. The van der Waals surface area contributed by atoms with E-state index in [0.29, 0.717) is 12.0 Å². The highest BCUT2D eigenvalue weighted by Gasteiger charge is 2.26. The molecule has 1 aliphatic heterocycles. The van der Waals surface area contributed by atoms with E-state index in [-0.39, 0.29) is 0 Å². The van der Waals surface area contributed by atoms with Crippen molar-refractivity contribution in [2.75, 3.05) is 24.5 Å². The summed E-state index contributed by atoms with van der Waals surface area (Å²) in [6.45, 7) is 9.91. The van der Waals surface area contributed by atoms with Gasteiger partial charge in [0.15, 0.2) is 0 Å². The second-order valence-electron chi connectivity index (χ2n) is 5.26. The van der Waals surface area contributed by atoms with Crippen molar-refractivity contribution in [3.05, 3.63) is 28.8 Å². The third-order valence-corrected chi connectivity index (χ3v) is 4.36. The maximum atomic E-state index is 6.21. The molecule has 1 heterocycles. The van der Waals surface area contributed by atoms with Gasteiger partial charge in [-0.25, -0.2) is 0 Å². The predicted molar refractivity (Wildman–Crippen MR) is 79.6 cm³/mol. The Bertz CT molecular complexity index is 405. The first kappa shape index (κ1) is 13.7. The van der Waals surface area contributed by atoms with Crippen molar-refractivity contribution in [2.45, 2.75) is 33.2 Å². The van der Waals surface area contributed by atoms with E-state index in [1.54, 1.807) is 0 Å². The van der Waals surface area contributed by atoms with E-state index in [2.05, 4.69) is 37.1 Å². The van der Waals surface area contributed by atoms with E-state index in [4.69, 9.17) is 11.6 Å². The maximum Gasteiger partial charge on any atom is 0.0455 e. The van der Waals surface area contributed by atoms with Crippen molar-refractivity contribution in [1.82, 2.24) is 5.32 Å². The highest BCUT2D eigenvalue weighted by Crippen LogP contribution is 2.30. The molecule has 2 unspecified atom stereocenters. The molecule has 1 N–H and O–H groups in total. The number of benzene rings is 1. The van der Waals surface area contributed by atoms with Gasteiger partial charge in [-0.05, 0) is 43.5 Å². The molecule has 0 radical (unpaired) electrons. The lowest BCUT2D eigenvalue weighted by Gasteiger charge is -2.39. The molecule has 1 aliphatic rings. The Morgan fingerprint density at radius 3 is 2.89 bits per heavy atom. The molecule has 2 atom stereocenters. The third kappa shape index (κ3) is 2.81. The molecule has 1 aromatic carbocycles. The molecule has 0 bridgehead atoms. The van der Waals surface area contributed by atoms with E-state index < -0.39 is 0 Å². The van der Waals surface area contributed by atoms with E-state index in [1.807, 2.05) is 12.1 Å². The monoisotopic (exact) mass is 266 g/mol. The van der Waals surface area contributed by atoms with Gasteiger partial charge in [0.25, 0.3) is 0 Å². The number of anilines is 1. The van der Waals surface area contributed by atoms with Crippen molar-refractivity contribution < 1.29 is 0 Å². The summed E-state index contributed by atoms with van der Waals surface area (Å²) in [5.41, 5.74) is 2.50. The Morgan fingerprint density at radius 2 is 2.22 bits per heavy atom. The molecule has 2 rings (SSSR count). The minimum Gasteiger partial charge on any atom is -0.371 e. The quantitative estimate of drug-likeness (QED) is 0.901. The van der Waals surface area contributed by atoms with E-state index in [0.717, 1.165) is 24.7 Å².